The summed E-state index contributed by atoms with van der Waals surface area (Å²) in [5.74, 6) is 2.72. The van der Waals surface area contributed by atoms with Crippen LogP contribution in [0.1, 0.15) is 24.1 Å². The molecule has 0 saturated heterocycles. The molecule has 0 radical (unpaired) electrons. The van der Waals surface area contributed by atoms with Gasteiger partial charge in [0.1, 0.15) is 0 Å². The maximum absolute atomic E-state index is 5.43. The first-order chi connectivity index (χ1) is 6.29. The van der Waals surface area contributed by atoms with E-state index in [-0.39, 0.29) is 6.04 Å². The molecule has 2 heteroatoms. The quantitative estimate of drug-likeness (QED) is 0.705. The summed E-state index contributed by atoms with van der Waals surface area (Å²) in [6, 6.07) is 1.97. The van der Waals surface area contributed by atoms with E-state index < -0.39 is 0 Å². The van der Waals surface area contributed by atoms with E-state index in [9.17, 15) is 0 Å². The second-order valence-corrected chi connectivity index (χ2v) is 2.89. The van der Waals surface area contributed by atoms with Crippen molar-refractivity contribution in [3.05, 3.63) is 29.6 Å². The number of aromatic nitrogens is 1. The van der Waals surface area contributed by atoms with Gasteiger partial charge in [0.2, 0.25) is 0 Å². The van der Waals surface area contributed by atoms with Crippen LogP contribution in [-0.2, 0) is 0 Å². The molecule has 1 atom stereocenters. The van der Waals surface area contributed by atoms with Gasteiger partial charge in [0.05, 0.1) is 6.04 Å². The van der Waals surface area contributed by atoms with Gasteiger partial charge >= 0.3 is 0 Å². The summed E-state index contributed by atoms with van der Waals surface area (Å²) < 4.78 is 0. The third-order valence-corrected chi connectivity index (χ3v) is 1.95. The fourth-order valence-corrected chi connectivity index (χ4v) is 1.27. The van der Waals surface area contributed by atoms with Gasteiger partial charge in [0.15, 0.2) is 0 Å². The Morgan fingerprint density at radius 3 is 3.00 bits per heavy atom. The van der Waals surface area contributed by atoms with E-state index in [0.717, 1.165) is 17.7 Å². The van der Waals surface area contributed by atoms with Crippen molar-refractivity contribution < 1.29 is 0 Å². The first kappa shape index (κ1) is 9.76. The zero-order chi connectivity index (χ0) is 9.68. The van der Waals surface area contributed by atoms with Gasteiger partial charge in [-0.25, -0.2) is 0 Å². The summed E-state index contributed by atoms with van der Waals surface area (Å²) in [5, 5.41) is 3.23. The highest BCUT2D eigenvalue weighted by atomic mass is 14.9. The van der Waals surface area contributed by atoms with Crippen LogP contribution < -0.4 is 5.32 Å². The predicted molar refractivity (Wildman–Crippen MR) is 54.2 cm³/mol. The normalized spacial score (nSPS) is 12.1. The molecule has 0 amide bonds. The molecule has 0 spiro atoms. The molecule has 0 saturated carbocycles. The second kappa shape index (κ2) is 4.64. The largest absolute Gasteiger partial charge is 0.300 e. The summed E-state index contributed by atoms with van der Waals surface area (Å²) in [5.41, 5.74) is 2.27. The van der Waals surface area contributed by atoms with Gasteiger partial charge in [-0.2, -0.15) is 0 Å². The Kier molecular flexibility index (Phi) is 3.48. The highest BCUT2D eigenvalue weighted by Gasteiger charge is 2.08. The minimum absolute atomic E-state index is 0.00741. The molecule has 2 nitrogen and oxygen atoms in total. The van der Waals surface area contributed by atoms with E-state index in [2.05, 4.69) is 16.2 Å². The molecule has 0 aliphatic rings. The summed E-state index contributed by atoms with van der Waals surface area (Å²) in [6.45, 7) is 4.93. The molecule has 0 aromatic carbocycles. The first-order valence-corrected chi connectivity index (χ1v) is 4.39. The lowest BCUT2D eigenvalue weighted by atomic mass is 10.0. The standard InChI is InChI=1S/C11H14N2/c1-4-11(13-5-2)10-6-7-12-8-9(10)3/h1,6-8,11,13H,5H2,2-3H3. The van der Waals surface area contributed by atoms with Gasteiger partial charge in [-0.1, -0.05) is 12.8 Å². The lowest BCUT2D eigenvalue weighted by Crippen LogP contribution is -2.20. The van der Waals surface area contributed by atoms with Crippen LogP contribution in [0.15, 0.2) is 18.5 Å². The van der Waals surface area contributed by atoms with Crippen molar-refractivity contribution in [2.45, 2.75) is 19.9 Å². The Labute approximate surface area is 79.4 Å². The average Bonchev–Trinajstić information content (AvgIpc) is 2.16. The minimum atomic E-state index is 0.00741. The predicted octanol–water partition coefficient (Wildman–Crippen LogP) is 1.67. The Balaban J connectivity index is 2.92. The van der Waals surface area contributed by atoms with Crippen LogP contribution in [0.4, 0.5) is 0 Å². The van der Waals surface area contributed by atoms with Crippen molar-refractivity contribution in [2.75, 3.05) is 6.54 Å². The fourth-order valence-electron chi connectivity index (χ4n) is 1.27. The number of hydrogen-bond donors (Lipinski definition) is 1. The summed E-state index contributed by atoms with van der Waals surface area (Å²) >= 11 is 0. The first-order valence-electron chi connectivity index (χ1n) is 4.39. The second-order valence-electron chi connectivity index (χ2n) is 2.89. The molecule has 1 aromatic heterocycles. The SMILES string of the molecule is C#CC(NCC)c1ccncc1C. The summed E-state index contributed by atoms with van der Waals surface area (Å²) in [4.78, 5) is 4.03. The van der Waals surface area contributed by atoms with Crippen LogP contribution in [0.3, 0.4) is 0 Å². The van der Waals surface area contributed by atoms with Crippen LogP contribution in [0.25, 0.3) is 0 Å². The van der Waals surface area contributed by atoms with Gasteiger partial charge in [0.25, 0.3) is 0 Å². The zero-order valence-corrected chi connectivity index (χ0v) is 8.04. The van der Waals surface area contributed by atoms with Gasteiger partial charge in [-0.15, -0.1) is 6.42 Å². The zero-order valence-electron chi connectivity index (χ0n) is 8.04. The molecule has 0 aliphatic heterocycles. The van der Waals surface area contributed by atoms with E-state index in [1.807, 2.05) is 26.1 Å². The monoisotopic (exact) mass is 174 g/mol. The molecule has 1 N–H and O–H groups in total. The summed E-state index contributed by atoms with van der Waals surface area (Å²) in [6.07, 6.45) is 9.03. The number of terminal acetylenes is 1. The van der Waals surface area contributed by atoms with Gasteiger partial charge in [-0.3, -0.25) is 4.98 Å². The topological polar surface area (TPSA) is 24.9 Å². The lowest BCUT2D eigenvalue weighted by Gasteiger charge is -2.13. The number of nitrogens with one attached hydrogen (secondary N) is 1. The molecule has 1 aromatic rings. The Bertz CT molecular complexity index is 312. The van der Waals surface area contributed by atoms with E-state index in [1.54, 1.807) is 6.20 Å². The van der Waals surface area contributed by atoms with Gasteiger partial charge < -0.3 is 5.32 Å². The summed E-state index contributed by atoms with van der Waals surface area (Å²) in [7, 11) is 0. The van der Waals surface area contributed by atoms with Crippen molar-refractivity contribution in [1.29, 1.82) is 0 Å². The van der Waals surface area contributed by atoms with Gasteiger partial charge in [0, 0.05) is 12.4 Å². The lowest BCUT2D eigenvalue weighted by molar-refractivity contribution is 0.661. The van der Waals surface area contributed by atoms with Crippen LogP contribution in [0.5, 0.6) is 0 Å². The molecule has 0 bridgehead atoms. The number of pyridine rings is 1. The number of aryl methyl sites for hydroxylation is 1. The van der Waals surface area contributed by atoms with Crippen molar-refractivity contribution in [3.8, 4) is 12.3 Å². The Hall–Kier alpha value is -1.33. The fraction of sp³-hybridized carbons (Fsp3) is 0.364. The van der Waals surface area contributed by atoms with Gasteiger partial charge in [-0.05, 0) is 30.7 Å². The molecule has 0 aliphatic carbocycles. The van der Waals surface area contributed by atoms with Crippen LogP contribution in [0.2, 0.25) is 0 Å². The smallest absolute Gasteiger partial charge is 0.0946 e. The average molecular weight is 174 g/mol. The Morgan fingerprint density at radius 1 is 1.69 bits per heavy atom. The number of rotatable bonds is 3. The maximum atomic E-state index is 5.43. The minimum Gasteiger partial charge on any atom is -0.300 e. The third-order valence-electron chi connectivity index (χ3n) is 1.95. The molecule has 13 heavy (non-hydrogen) atoms. The van der Waals surface area contributed by atoms with E-state index in [1.165, 1.54) is 0 Å². The molecule has 68 valence electrons. The molecule has 1 rings (SSSR count). The molecule has 0 fully saturated rings. The van der Waals surface area contributed by atoms with Crippen molar-refractivity contribution in [3.63, 3.8) is 0 Å². The highest BCUT2D eigenvalue weighted by molar-refractivity contribution is 5.30. The van der Waals surface area contributed by atoms with E-state index in [4.69, 9.17) is 6.42 Å². The van der Waals surface area contributed by atoms with Crippen LogP contribution in [-0.4, -0.2) is 11.5 Å². The molecular formula is C11H14N2. The van der Waals surface area contributed by atoms with E-state index >= 15 is 0 Å². The van der Waals surface area contributed by atoms with Crippen molar-refractivity contribution in [1.82, 2.24) is 10.3 Å². The third kappa shape index (κ3) is 2.30. The highest BCUT2D eigenvalue weighted by Crippen LogP contribution is 2.14. The van der Waals surface area contributed by atoms with Crippen LogP contribution in [0, 0.1) is 19.3 Å². The maximum Gasteiger partial charge on any atom is 0.0946 e. The van der Waals surface area contributed by atoms with E-state index in [0.29, 0.717) is 0 Å². The number of nitrogens with zero attached hydrogens (tertiary/aromatic N) is 1. The molecular weight excluding hydrogens is 160 g/mol. The van der Waals surface area contributed by atoms with Crippen molar-refractivity contribution in [2.24, 2.45) is 0 Å². The van der Waals surface area contributed by atoms with Crippen molar-refractivity contribution >= 4 is 0 Å². The molecule has 1 heterocycles. The Morgan fingerprint density at radius 2 is 2.46 bits per heavy atom. The number of hydrogen-bond acceptors (Lipinski definition) is 2. The van der Waals surface area contributed by atoms with Crippen LogP contribution >= 0.6 is 0 Å². The molecule has 1 unspecified atom stereocenters.